The summed E-state index contributed by atoms with van der Waals surface area (Å²) in [5.74, 6) is 0.587. The zero-order chi connectivity index (χ0) is 24.5. The molecule has 1 unspecified atom stereocenters. The monoisotopic (exact) mass is 462 g/mol. The summed E-state index contributed by atoms with van der Waals surface area (Å²) in [5.41, 5.74) is 6.40. The summed E-state index contributed by atoms with van der Waals surface area (Å²) in [6, 6.07) is 24.8. The summed E-state index contributed by atoms with van der Waals surface area (Å²) < 4.78 is 6.45. The Bertz CT molecular complexity index is 1650. The molecule has 0 amide bonds. The lowest BCUT2D eigenvalue weighted by Crippen LogP contribution is -2.13. The molecule has 0 spiro atoms. The van der Waals surface area contributed by atoms with Gasteiger partial charge in [0.05, 0.1) is 11.4 Å². The van der Waals surface area contributed by atoms with Gasteiger partial charge in [-0.25, -0.2) is 0 Å². The predicted molar refractivity (Wildman–Crippen MR) is 142 cm³/mol. The highest BCUT2D eigenvalue weighted by molar-refractivity contribution is 5.85. The fraction of sp³-hybridized carbons (Fsp3) is 0.133. The summed E-state index contributed by atoms with van der Waals surface area (Å²) >= 11 is 0. The van der Waals surface area contributed by atoms with Gasteiger partial charge in [0, 0.05) is 40.2 Å². The van der Waals surface area contributed by atoms with Gasteiger partial charge in [-0.05, 0) is 50.1 Å². The molecule has 5 rings (SSSR count). The Morgan fingerprint density at radius 2 is 1.60 bits per heavy atom. The number of hydrogen-bond acceptors (Lipinski definition) is 4. The number of para-hydroxylation sites is 1. The van der Waals surface area contributed by atoms with Crippen LogP contribution in [0, 0.1) is 13.8 Å². The molecule has 0 aliphatic carbocycles. The smallest absolute Gasteiger partial charge is 0.248 e. The highest BCUT2D eigenvalue weighted by Crippen LogP contribution is 2.34. The van der Waals surface area contributed by atoms with Crippen molar-refractivity contribution in [1.29, 1.82) is 0 Å². The van der Waals surface area contributed by atoms with Crippen LogP contribution >= 0.6 is 0 Å². The molecule has 0 aliphatic rings. The summed E-state index contributed by atoms with van der Waals surface area (Å²) in [5, 5.41) is 4.16. The minimum atomic E-state index is -0.171. The van der Waals surface area contributed by atoms with E-state index in [-0.39, 0.29) is 17.0 Å². The number of aromatic amines is 1. The van der Waals surface area contributed by atoms with E-state index < -0.39 is 0 Å². The Kier molecular flexibility index (Phi) is 5.83. The number of aryl methyl sites for hydroxylation is 1. The third-order valence-corrected chi connectivity index (χ3v) is 6.28. The number of hydrogen-bond donors (Lipinski definition) is 2. The summed E-state index contributed by atoms with van der Waals surface area (Å²) in [4.78, 5) is 27.9. The zero-order valence-electron chi connectivity index (χ0n) is 19.9. The van der Waals surface area contributed by atoms with E-state index in [9.17, 15) is 9.59 Å². The van der Waals surface area contributed by atoms with Gasteiger partial charge in [-0.15, -0.1) is 0 Å². The van der Waals surface area contributed by atoms with Crippen molar-refractivity contribution in [3.63, 3.8) is 0 Å². The fourth-order valence-electron chi connectivity index (χ4n) is 4.54. The number of anilines is 1. The molecule has 5 heteroatoms. The normalized spacial score (nSPS) is 12.0. The van der Waals surface area contributed by atoms with Crippen LogP contribution in [0.1, 0.15) is 29.7 Å². The van der Waals surface area contributed by atoms with Crippen LogP contribution in [-0.2, 0) is 0 Å². The Morgan fingerprint density at radius 3 is 2.37 bits per heavy atom. The van der Waals surface area contributed by atoms with Crippen molar-refractivity contribution in [1.82, 2.24) is 4.98 Å². The lowest BCUT2D eigenvalue weighted by atomic mass is 9.98. The lowest BCUT2D eigenvalue weighted by Gasteiger charge is -2.21. The standard InChI is InChI=1S/C30H26N2O3/c1-18-15-24(20(3)32-26-12-8-7-11-23(26)22-13-14-31-27(33)17-22)30-25(16-18)28(34)19(2)29(35-30)21-9-5-4-6-10-21/h4-17,20,32H,1-3H3,(H,31,33). The van der Waals surface area contributed by atoms with Crippen LogP contribution in [-0.4, -0.2) is 4.98 Å². The molecule has 3 aromatic carbocycles. The van der Waals surface area contributed by atoms with E-state index in [1.807, 2.05) is 87.5 Å². The molecule has 174 valence electrons. The molecule has 2 heterocycles. The molecule has 2 aromatic heterocycles. The first-order chi connectivity index (χ1) is 16.9. The van der Waals surface area contributed by atoms with Crippen molar-refractivity contribution in [2.75, 3.05) is 5.32 Å². The van der Waals surface area contributed by atoms with Crippen molar-refractivity contribution in [3.05, 3.63) is 122 Å². The van der Waals surface area contributed by atoms with Crippen LogP contribution in [0.15, 0.2) is 99.1 Å². The molecule has 35 heavy (non-hydrogen) atoms. The van der Waals surface area contributed by atoms with Gasteiger partial charge >= 0.3 is 0 Å². The van der Waals surface area contributed by atoms with Crippen LogP contribution < -0.4 is 16.3 Å². The van der Waals surface area contributed by atoms with Crippen LogP contribution in [0.5, 0.6) is 0 Å². The van der Waals surface area contributed by atoms with Crippen molar-refractivity contribution in [2.45, 2.75) is 26.8 Å². The number of rotatable bonds is 5. The average molecular weight is 463 g/mol. The topological polar surface area (TPSA) is 75.1 Å². The van der Waals surface area contributed by atoms with Crippen LogP contribution in [0.2, 0.25) is 0 Å². The quantitative estimate of drug-likeness (QED) is 0.308. The second kappa shape index (κ2) is 9.11. The summed E-state index contributed by atoms with van der Waals surface area (Å²) in [6.07, 6.45) is 1.65. The number of nitrogens with one attached hydrogen (secondary N) is 2. The van der Waals surface area contributed by atoms with Crippen molar-refractivity contribution < 1.29 is 4.42 Å². The third-order valence-electron chi connectivity index (χ3n) is 6.28. The molecule has 0 fully saturated rings. The fourth-order valence-corrected chi connectivity index (χ4v) is 4.54. The maximum absolute atomic E-state index is 13.4. The molecule has 0 aliphatic heterocycles. The van der Waals surface area contributed by atoms with Crippen LogP contribution in [0.4, 0.5) is 5.69 Å². The van der Waals surface area contributed by atoms with Gasteiger partial charge in [0.2, 0.25) is 5.56 Å². The Hall–Kier alpha value is -4.38. The molecule has 0 saturated carbocycles. The van der Waals surface area contributed by atoms with Crippen LogP contribution in [0.25, 0.3) is 33.4 Å². The van der Waals surface area contributed by atoms with Gasteiger partial charge in [-0.2, -0.15) is 0 Å². The first-order valence-electron chi connectivity index (χ1n) is 11.6. The molecular formula is C30H26N2O3. The summed E-state index contributed by atoms with van der Waals surface area (Å²) in [6.45, 7) is 5.85. The van der Waals surface area contributed by atoms with Gasteiger partial charge < -0.3 is 14.7 Å². The maximum Gasteiger partial charge on any atom is 0.248 e. The van der Waals surface area contributed by atoms with E-state index in [1.165, 1.54) is 0 Å². The van der Waals surface area contributed by atoms with E-state index in [2.05, 4.69) is 16.4 Å². The second-order valence-electron chi connectivity index (χ2n) is 8.84. The molecular weight excluding hydrogens is 436 g/mol. The van der Waals surface area contributed by atoms with E-state index in [0.717, 1.165) is 33.5 Å². The lowest BCUT2D eigenvalue weighted by molar-refractivity contribution is 0.605. The highest BCUT2D eigenvalue weighted by atomic mass is 16.3. The third kappa shape index (κ3) is 4.28. The van der Waals surface area contributed by atoms with Gasteiger partial charge in [0.15, 0.2) is 5.43 Å². The number of pyridine rings is 1. The van der Waals surface area contributed by atoms with Gasteiger partial charge in [0.25, 0.3) is 0 Å². The van der Waals surface area contributed by atoms with E-state index in [1.54, 1.807) is 12.3 Å². The molecule has 2 N–H and O–H groups in total. The Labute approximate surface area is 203 Å². The van der Waals surface area contributed by atoms with E-state index in [0.29, 0.717) is 22.3 Å². The number of aromatic nitrogens is 1. The minimum Gasteiger partial charge on any atom is -0.455 e. The number of H-pyrrole nitrogens is 1. The maximum atomic E-state index is 13.4. The van der Waals surface area contributed by atoms with Gasteiger partial charge in [-0.1, -0.05) is 54.6 Å². The molecule has 0 bridgehead atoms. The van der Waals surface area contributed by atoms with E-state index >= 15 is 0 Å². The Morgan fingerprint density at radius 1 is 0.857 bits per heavy atom. The molecule has 0 radical (unpaired) electrons. The predicted octanol–water partition coefficient (Wildman–Crippen LogP) is 6.61. The number of benzene rings is 3. The van der Waals surface area contributed by atoms with Gasteiger partial charge in [-0.3, -0.25) is 9.59 Å². The van der Waals surface area contributed by atoms with Crippen molar-refractivity contribution in [3.8, 4) is 22.5 Å². The minimum absolute atomic E-state index is 0.0221. The first kappa shape index (κ1) is 22.4. The molecule has 5 aromatic rings. The first-order valence-corrected chi connectivity index (χ1v) is 11.6. The number of fused-ring (bicyclic) bond motifs is 1. The SMILES string of the molecule is Cc1cc(C(C)Nc2ccccc2-c2cc[nH]c(=O)c2)c2oc(-c3ccccc3)c(C)c(=O)c2c1. The van der Waals surface area contributed by atoms with Crippen LogP contribution in [0.3, 0.4) is 0 Å². The average Bonchev–Trinajstić information content (AvgIpc) is 2.87. The molecule has 5 nitrogen and oxygen atoms in total. The Balaban J connectivity index is 1.64. The molecule has 0 saturated heterocycles. The van der Waals surface area contributed by atoms with Gasteiger partial charge in [0.1, 0.15) is 11.3 Å². The van der Waals surface area contributed by atoms with E-state index in [4.69, 9.17) is 4.42 Å². The summed E-state index contributed by atoms with van der Waals surface area (Å²) in [7, 11) is 0. The zero-order valence-corrected chi connectivity index (χ0v) is 19.9. The van der Waals surface area contributed by atoms with Crippen molar-refractivity contribution >= 4 is 16.7 Å². The second-order valence-corrected chi connectivity index (χ2v) is 8.84. The largest absolute Gasteiger partial charge is 0.455 e. The highest BCUT2D eigenvalue weighted by Gasteiger charge is 2.19. The van der Waals surface area contributed by atoms with Crippen molar-refractivity contribution in [2.24, 2.45) is 0 Å². The molecule has 1 atom stereocenters.